The second-order valence-corrected chi connectivity index (χ2v) is 8.07. The van der Waals surface area contributed by atoms with Crippen LogP contribution in [0.15, 0.2) is 90.2 Å². The average molecular weight is 497 g/mol. The number of anilines is 1. The molecule has 1 aliphatic rings. The number of ketones is 1. The molecular weight excluding hydrogens is 475 g/mol. The first-order chi connectivity index (χ1) is 17.2. The van der Waals surface area contributed by atoms with Crippen molar-refractivity contribution in [2.24, 2.45) is 0 Å². The lowest BCUT2D eigenvalue weighted by atomic mass is 9.93. The van der Waals surface area contributed by atoms with E-state index >= 15 is 0 Å². The van der Waals surface area contributed by atoms with E-state index < -0.39 is 35.6 Å². The van der Waals surface area contributed by atoms with Crippen LogP contribution < -0.4 is 14.4 Å². The summed E-state index contributed by atoms with van der Waals surface area (Å²) in [6.07, 6.45) is -4.52. The number of benzene rings is 3. The number of amides is 1. The molecule has 0 radical (unpaired) electrons. The van der Waals surface area contributed by atoms with E-state index in [0.29, 0.717) is 17.7 Å². The summed E-state index contributed by atoms with van der Waals surface area (Å²) < 4.78 is 47.5. The normalized spacial score (nSPS) is 15.8. The van der Waals surface area contributed by atoms with Gasteiger partial charge in [-0.3, -0.25) is 14.5 Å². The zero-order chi connectivity index (χ0) is 25.9. The Balaban J connectivity index is 1.73. The van der Waals surface area contributed by atoms with Crippen molar-refractivity contribution < 1.29 is 37.3 Å². The Morgan fingerprint density at radius 1 is 0.972 bits per heavy atom. The quantitative estimate of drug-likeness (QED) is 0.432. The number of rotatable bonds is 8. The number of Topliss-reactive ketones (excluding diaryl/α,β-unsaturated/α-hetero) is 1. The Bertz CT molecular complexity index is 1290. The highest BCUT2D eigenvalue weighted by Crippen LogP contribution is 2.42. The van der Waals surface area contributed by atoms with E-state index in [2.05, 4.69) is 4.74 Å². The Labute approximate surface area is 205 Å². The summed E-state index contributed by atoms with van der Waals surface area (Å²) in [4.78, 5) is 27.6. The minimum absolute atomic E-state index is 0.0222. The van der Waals surface area contributed by atoms with Crippen LogP contribution in [0.4, 0.5) is 18.9 Å². The molecule has 1 heterocycles. The average Bonchev–Trinajstić information content (AvgIpc) is 3.12. The Hall–Kier alpha value is -4.27. The zero-order valence-electron chi connectivity index (χ0n) is 19.2. The van der Waals surface area contributed by atoms with Crippen molar-refractivity contribution >= 4 is 17.4 Å². The van der Waals surface area contributed by atoms with Crippen LogP contribution in [0.3, 0.4) is 0 Å². The lowest BCUT2D eigenvalue weighted by Gasteiger charge is -2.27. The molecule has 1 atom stereocenters. The van der Waals surface area contributed by atoms with Gasteiger partial charge in [-0.25, -0.2) is 0 Å². The van der Waals surface area contributed by atoms with Gasteiger partial charge in [0.2, 0.25) is 0 Å². The van der Waals surface area contributed by atoms with Gasteiger partial charge in [0, 0.05) is 18.2 Å². The molecule has 0 bridgehead atoms. The number of nitrogens with zero attached hydrogens (tertiary/aromatic N) is 1. The van der Waals surface area contributed by atoms with Crippen molar-refractivity contribution in [3.63, 3.8) is 0 Å². The molecule has 1 amide bonds. The number of aliphatic hydroxyl groups excluding tert-OH is 1. The highest BCUT2D eigenvalue weighted by molar-refractivity contribution is 6.16. The number of aryl methyl sites for hydroxylation is 1. The Morgan fingerprint density at radius 3 is 2.31 bits per heavy atom. The fourth-order valence-corrected chi connectivity index (χ4v) is 4.13. The maximum atomic E-state index is 13.3. The molecule has 0 fully saturated rings. The molecule has 1 unspecified atom stereocenters. The molecule has 186 valence electrons. The van der Waals surface area contributed by atoms with Crippen molar-refractivity contribution in [1.29, 1.82) is 0 Å². The van der Waals surface area contributed by atoms with Gasteiger partial charge in [0.1, 0.15) is 11.5 Å². The monoisotopic (exact) mass is 497 g/mol. The number of hydrogen-bond acceptors (Lipinski definition) is 5. The predicted octanol–water partition coefficient (Wildman–Crippen LogP) is 5.70. The van der Waals surface area contributed by atoms with Crippen molar-refractivity contribution in [3.8, 4) is 11.5 Å². The first-order valence-electron chi connectivity index (χ1n) is 11.0. The molecule has 1 N–H and O–H groups in total. The third-order valence-electron chi connectivity index (χ3n) is 5.75. The number of hydrogen-bond donors (Lipinski definition) is 1. The van der Waals surface area contributed by atoms with Gasteiger partial charge in [0.05, 0.1) is 18.7 Å². The summed E-state index contributed by atoms with van der Waals surface area (Å²) >= 11 is 0. The van der Waals surface area contributed by atoms with Gasteiger partial charge >= 0.3 is 6.36 Å². The third kappa shape index (κ3) is 5.35. The maximum absolute atomic E-state index is 13.3. The number of methoxy groups -OCH3 is 1. The first kappa shape index (κ1) is 24.8. The van der Waals surface area contributed by atoms with E-state index in [9.17, 15) is 27.9 Å². The molecule has 1 aliphatic heterocycles. The van der Waals surface area contributed by atoms with Crippen LogP contribution in [-0.4, -0.2) is 30.3 Å². The van der Waals surface area contributed by atoms with Crippen LogP contribution in [0.2, 0.25) is 0 Å². The number of aliphatic hydroxyl groups is 1. The Morgan fingerprint density at radius 2 is 1.67 bits per heavy atom. The van der Waals surface area contributed by atoms with Gasteiger partial charge in [-0.15, -0.1) is 13.2 Å². The zero-order valence-corrected chi connectivity index (χ0v) is 19.2. The summed E-state index contributed by atoms with van der Waals surface area (Å²) in [7, 11) is 1.48. The number of ether oxygens (including phenoxy) is 2. The summed E-state index contributed by atoms with van der Waals surface area (Å²) in [5, 5.41) is 10.8. The van der Waals surface area contributed by atoms with Crippen LogP contribution in [0, 0.1) is 0 Å². The maximum Gasteiger partial charge on any atom is 0.573 e. The van der Waals surface area contributed by atoms with Gasteiger partial charge in [-0.05, 0) is 41.8 Å². The van der Waals surface area contributed by atoms with Gasteiger partial charge < -0.3 is 14.6 Å². The second kappa shape index (κ2) is 10.2. The third-order valence-corrected chi connectivity index (χ3v) is 5.75. The Kier molecular flexibility index (Phi) is 7.00. The van der Waals surface area contributed by atoms with Crippen molar-refractivity contribution in [2.75, 3.05) is 12.0 Å². The minimum atomic E-state index is -4.93. The standard InChI is InChI=1S/C27H22F3NO5/c1-35-20-13-11-18(12-14-20)24-23(22(32)15-10-17-6-3-2-4-7-17)25(33)26(34)31(24)19-8-5-9-21(16-19)36-27(28,29)30/h2-9,11-14,16,24,33H,10,15H2,1H3. The lowest BCUT2D eigenvalue weighted by Crippen LogP contribution is -2.31. The molecule has 0 saturated carbocycles. The molecule has 4 rings (SSSR count). The highest BCUT2D eigenvalue weighted by Gasteiger charge is 2.44. The van der Waals surface area contributed by atoms with Crippen LogP contribution in [0.1, 0.15) is 23.6 Å². The SMILES string of the molecule is COc1ccc(C2C(C(=O)CCc3ccccc3)=C(O)C(=O)N2c2cccc(OC(F)(F)F)c2)cc1. The topological polar surface area (TPSA) is 76.1 Å². The summed E-state index contributed by atoms with van der Waals surface area (Å²) in [6, 6.07) is 19.5. The van der Waals surface area contributed by atoms with Crippen LogP contribution in [-0.2, 0) is 16.0 Å². The smallest absolute Gasteiger partial charge is 0.503 e. The summed E-state index contributed by atoms with van der Waals surface area (Å²) in [6.45, 7) is 0. The number of alkyl halides is 3. The van der Waals surface area contributed by atoms with Crippen molar-refractivity contribution in [3.05, 3.63) is 101 Å². The molecule has 6 nitrogen and oxygen atoms in total. The van der Waals surface area contributed by atoms with E-state index in [-0.39, 0.29) is 17.7 Å². The van der Waals surface area contributed by atoms with Gasteiger partial charge in [-0.2, -0.15) is 0 Å². The predicted molar refractivity (Wildman–Crippen MR) is 126 cm³/mol. The van der Waals surface area contributed by atoms with Crippen LogP contribution in [0.25, 0.3) is 0 Å². The van der Waals surface area contributed by atoms with E-state index in [4.69, 9.17) is 4.74 Å². The summed E-state index contributed by atoms with van der Waals surface area (Å²) in [5.41, 5.74) is 1.28. The van der Waals surface area contributed by atoms with E-state index in [1.807, 2.05) is 30.3 Å². The molecule has 0 aliphatic carbocycles. The first-order valence-corrected chi connectivity index (χ1v) is 11.0. The van der Waals surface area contributed by atoms with Crippen LogP contribution in [0.5, 0.6) is 11.5 Å². The van der Waals surface area contributed by atoms with Crippen molar-refractivity contribution in [2.45, 2.75) is 25.2 Å². The highest BCUT2D eigenvalue weighted by atomic mass is 19.4. The van der Waals surface area contributed by atoms with Crippen molar-refractivity contribution in [1.82, 2.24) is 0 Å². The number of carbonyl (C=O) groups excluding carboxylic acids is 2. The van der Waals surface area contributed by atoms with Gasteiger partial charge in [0.25, 0.3) is 5.91 Å². The summed E-state index contributed by atoms with van der Waals surface area (Å²) in [5.74, 6) is -2.10. The van der Waals surface area contributed by atoms with Gasteiger partial charge in [0.15, 0.2) is 11.5 Å². The molecule has 36 heavy (non-hydrogen) atoms. The molecular formula is C27H22F3NO5. The van der Waals surface area contributed by atoms with E-state index in [1.165, 1.54) is 19.2 Å². The van der Waals surface area contributed by atoms with E-state index in [1.54, 1.807) is 24.3 Å². The molecule has 0 aromatic heterocycles. The van der Waals surface area contributed by atoms with Crippen LogP contribution >= 0.6 is 0 Å². The van der Waals surface area contributed by atoms with E-state index in [0.717, 1.165) is 22.6 Å². The largest absolute Gasteiger partial charge is 0.573 e. The fraction of sp³-hybridized carbons (Fsp3) is 0.185. The molecule has 0 saturated heterocycles. The number of carbonyl (C=O) groups is 2. The minimum Gasteiger partial charge on any atom is -0.503 e. The van der Waals surface area contributed by atoms with Gasteiger partial charge in [-0.1, -0.05) is 48.5 Å². The molecule has 3 aromatic rings. The molecule has 9 heteroatoms. The lowest BCUT2D eigenvalue weighted by molar-refractivity contribution is -0.274. The fourth-order valence-electron chi connectivity index (χ4n) is 4.13. The number of halogens is 3. The molecule has 3 aromatic carbocycles. The molecule has 0 spiro atoms. The second-order valence-electron chi connectivity index (χ2n) is 8.07.